The number of aromatic nitrogens is 1. The van der Waals surface area contributed by atoms with Crippen LogP contribution in [0.2, 0.25) is 0 Å². The van der Waals surface area contributed by atoms with Gasteiger partial charge in [-0.05, 0) is 52.9 Å². The smallest absolute Gasteiger partial charge is 0.269 e. The van der Waals surface area contributed by atoms with Crippen LogP contribution in [0.15, 0.2) is 85.1 Å². The molecule has 4 rings (SSSR count). The Kier molecular flexibility index (Phi) is 6.59. The summed E-state index contributed by atoms with van der Waals surface area (Å²) in [5.74, 6) is -0.656. The van der Waals surface area contributed by atoms with Crippen LogP contribution in [0.3, 0.4) is 0 Å². The van der Waals surface area contributed by atoms with Crippen molar-refractivity contribution in [1.29, 1.82) is 0 Å². The van der Waals surface area contributed by atoms with Crippen molar-refractivity contribution >= 4 is 34.1 Å². The maximum Gasteiger partial charge on any atom is 0.269 e. The van der Waals surface area contributed by atoms with E-state index in [-0.39, 0.29) is 23.7 Å². The zero-order valence-electron chi connectivity index (χ0n) is 19.6. The van der Waals surface area contributed by atoms with E-state index < -0.39 is 0 Å². The van der Waals surface area contributed by atoms with Gasteiger partial charge >= 0.3 is 0 Å². The van der Waals surface area contributed by atoms with Gasteiger partial charge in [-0.1, -0.05) is 63.2 Å². The first-order valence-corrected chi connectivity index (χ1v) is 11.2. The number of nitrogens with one attached hydrogen (secondary N) is 3. The van der Waals surface area contributed by atoms with E-state index in [0.717, 1.165) is 27.8 Å². The van der Waals surface area contributed by atoms with Gasteiger partial charge in [-0.2, -0.15) is 0 Å². The maximum absolute atomic E-state index is 12.4. The van der Waals surface area contributed by atoms with Crippen molar-refractivity contribution in [1.82, 2.24) is 15.8 Å². The number of pyridine rings is 1. The first-order chi connectivity index (χ1) is 16.3. The summed E-state index contributed by atoms with van der Waals surface area (Å²) in [6, 6.07) is 24.8. The van der Waals surface area contributed by atoms with E-state index in [9.17, 15) is 9.59 Å². The quantitative estimate of drug-likeness (QED) is 0.360. The fourth-order valence-electron chi connectivity index (χ4n) is 3.62. The maximum atomic E-state index is 12.4. The van der Waals surface area contributed by atoms with Crippen LogP contribution in [0.5, 0.6) is 0 Å². The summed E-state index contributed by atoms with van der Waals surface area (Å²) in [6.07, 6.45) is 1.95. The summed E-state index contributed by atoms with van der Waals surface area (Å²) in [6.45, 7) is 6.44. The highest BCUT2D eigenvalue weighted by atomic mass is 16.2. The van der Waals surface area contributed by atoms with Crippen molar-refractivity contribution in [2.75, 3.05) is 5.32 Å². The molecule has 1 aromatic heterocycles. The lowest BCUT2D eigenvalue weighted by Crippen LogP contribution is -2.42. The second kappa shape index (κ2) is 9.75. The first-order valence-electron chi connectivity index (χ1n) is 11.2. The van der Waals surface area contributed by atoms with Crippen LogP contribution in [0.1, 0.15) is 42.3 Å². The second-order valence-electron chi connectivity index (χ2n) is 9.20. The van der Waals surface area contributed by atoms with Crippen molar-refractivity contribution in [2.24, 2.45) is 0 Å². The summed E-state index contributed by atoms with van der Waals surface area (Å²) < 4.78 is 0. The standard InChI is InChI=1S/C28H28N4O2/c1-28(2,3)21-12-8-19(9-13-21)18-26(33)31-32-27(34)20-10-14-22(15-11-20)30-25-16-17-29-24-7-5-4-6-23(24)25/h4-17H,18H2,1-3H3,(H,29,30)(H,31,33)(H,32,34). The van der Waals surface area contributed by atoms with Crippen LogP contribution in [0.25, 0.3) is 10.9 Å². The SMILES string of the molecule is CC(C)(C)c1ccc(CC(=O)NNC(=O)c2ccc(Nc3ccnc4ccccc34)cc2)cc1. The number of hydrazine groups is 1. The normalized spacial score (nSPS) is 11.1. The molecule has 0 aliphatic heterocycles. The Labute approximate surface area is 199 Å². The van der Waals surface area contributed by atoms with Gasteiger partial charge in [0.15, 0.2) is 0 Å². The molecule has 0 atom stereocenters. The van der Waals surface area contributed by atoms with Gasteiger partial charge in [0.1, 0.15) is 0 Å². The van der Waals surface area contributed by atoms with Crippen LogP contribution in [0.4, 0.5) is 11.4 Å². The summed E-state index contributed by atoms with van der Waals surface area (Å²) in [4.78, 5) is 29.1. The number of hydrogen-bond donors (Lipinski definition) is 3. The third-order valence-corrected chi connectivity index (χ3v) is 5.58. The highest BCUT2D eigenvalue weighted by Crippen LogP contribution is 2.25. The van der Waals surface area contributed by atoms with Gasteiger partial charge < -0.3 is 5.32 Å². The molecule has 0 saturated heterocycles. The minimum absolute atomic E-state index is 0.0614. The van der Waals surface area contributed by atoms with Crippen molar-refractivity contribution in [2.45, 2.75) is 32.6 Å². The molecular weight excluding hydrogens is 424 g/mol. The zero-order chi connectivity index (χ0) is 24.1. The van der Waals surface area contributed by atoms with Crippen molar-refractivity contribution in [3.05, 3.63) is 102 Å². The average molecular weight is 453 g/mol. The Balaban J connectivity index is 1.31. The number of carbonyl (C=O) groups excluding carboxylic acids is 2. The molecular formula is C28H28N4O2. The largest absolute Gasteiger partial charge is 0.355 e. The highest BCUT2D eigenvalue weighted by molar-refractivity contribution is 5.96. The molecule has 0 unspecified atom stereocenters. The number of rotatable bonds is 5. The number of amides is 2. The fourth-order valence-corrected chi connectivity index (χ4v) is 3.62. The van der Waals surface area contributed by atoms with E-state index in [0.29, 0.717) is 5.56 Å². The highest BCUT2D eigenvalue weighted by Gasteiger charge is 2.14. The van der Waals surface area contributed by atoms with Gasteiger partial charge in [0.05, 0.1) is 11.9 Å². The molecule has 2 amide bonds. The molecule has 3 N–H and O–H groups in total. The van der Waals surface area contributed by atoms with Crippen LogP contribution < -0.4 is 16.2 Å². The lowest BCUT2D eigenvalue weighted by Gasteiger charge is -2.19. The Bertz CT molecular complexity index is 1300. The van der Waals surface area contributed by atoms with Crippen LogP contribution in [-0.2, 0) is 16.6 Å². The van der Waals surface area contributed by atoms with Crippen molar-refractivity contribution in [3.63, 3.8) is 0 Å². The minimum Gasteiger partial charge on any atom is -0.355 e. The molecule has 0 bridgehead atoms. The topological polar surface area (TPSA) is 83.1 Å². The van der Waals surface area contributed by atoms with E-state index >= 15 is 0 Å². The molecule has 6 nitrogen and oxygen atoms in total. The Morgan fingerprint density at radius 1 is 0.824 bits per heavy atom. The zero-order valence-corrected chi connectivity index (χ0v) is 19.6. The van der Waals surface area contributed by atoms with Gasteiger partial charge in [0.25, 0.3) is 5.91 Å². The molecule has 34 heavy (non-hydrogen) atoms. The van der Waals surface area contributed by atoms with Crippen LogP contribution in [-0.4, -0.2) is 16.8 Å². The van der Waals surface area contributed by atoms with Crippen molar-refractivity contribution < 1.29 is 9.59 Å². The molecule has 4 aromatic rings. The number of benzene rings is 3. The molecule has 6 heteroatoms. The van der Waals surface area contributed by atoms with Crippen LogP contribution in [0, 0.1) is 0 Å². The number of para-hydroxylation sites is 1. The summed E-state index contributed by atoms with van der Waals surface area (Å²) in [5, 5.41) is 4.38. The molecule has 0 saturated carbocycles. The molecule has 0 radical (unpaired) electrons. The number of nitrogens with zero attached hydrogens (tertiary/aromatic N) is 1. The fraction of sp³-hybridized carbons (Fsp3) is 0.179. The molecule has 1 heterocycles. The van der Waals surface area contributed by atoms with Gasteiger partial charge in [0, 0.05) is 28.5 Å². The van der Waals surface area contributed by atoms with Gasteiger partial charge in [-0.25, -0.2) is 0 Å². The number of hydrogen-bond acceptors (Lipinski definition) is 4. The minimum atomic E-state index is -0.377. The molecule has 0 aliphatic carbocycles. The Hall–Kier alpha value is -4.19. The molecule has 0 aliphatic rings. The molecule has 0 fully saturated rings. The summed E-state index contributed by atoms with van der Waals surface area (Å²) in [7, 11) is 0. The van der Waals surface area contributed by atoms with Crippen molar-refractivity contribution in [3.8, 4) is 0 Å². The van der Waals surface area contributed by atoms with E-state index in [2.05, 4.69) is 41.9 Å². The number of fused-ring (bicyclic) bond motifs is 1. The Morgan fingerprint density at radius 3 is 2.24 bits per heavy atom. The first kappa shape index (κ1) is 23.0. The van der Waals surface area contributed by atoms with E-state index in [1.807, 2.05) is 66.7 Å². The van der Waals surface area contributed by atoms with E-state index in [1.54, 1.807) is 18.3 Å². The predicted molar refractivity (Wildman–Crippen MR) is 136 cm³/mol. The average Bonchev–Trinajstić information content (AvgIpc) is 2.83. The monoisotopic (exact) mass is 452 g/mol. The Morgan fingerprint density at radius 2 is 1.53 bits per heavy atom. The van der Waals surface area contributed by atoms with Gasteiger partial charge in [-0.3, -0.25) is 25.4 Å². The number of carbonyl (C=O) groups is 2. The van der Waals surface area contributed by atoms with Crippen LogP contribution >= 0.6 is 0 Å². The third-order valence-electron chi connectivity index (χ3n) is 5.58. The van der Waals surface area contributed by atoms with Gasteiger partial charge in [0.2, 0.25) is 5.91 Å². The summed E-state index contributed by atoms with van der Waals surface area (Å²) >= 11 is 0. The second-order valence-corrected chi connectivity index (χ2v) is 9.20. The van der Waals surface area contributed by atoms with Gasteiger partial charge in [-0.15, -0.1) is 0 Å². The molecule has 3 aromatic carbocycles. The molecule has 172 valence electrons. The number of anilines is 2. The molecule has 0 spiro atoms. The summed E-state index contributed by atoms with van der Waals surface area (Å²) in [5.41, 5.74) is 10.3. The van der Waals surface area contributed by atoms with E-state index in [4.69, 9.17) is 0 Å². The lowest BCUT2D eigenvalue weighted by atomic mass is 9.86. The predicted octanol–water partition coefficient (Wildman–Crippen LogP) is 5.28. The third kappa shape index (κ3) is 5.59. The lowest BCUT2D eigenvalue weighted by molar-refractivity contribution is -0.121. The van der Waals surface area contributed by atoms with E-state index in [1.165, 1.54) is 5.56 Å².